The van der Waals surface area contributed by atoms with E-state index in [9.17, 15) is 9.59 Å². The van der Waals surface area contributed by atoms with Gasteiger partial charge in [-0.25, -0.2) is 0 Å². The van der Waals surface area contributed by atoms with E-state index in [1.807, 2.05) is 18.4 Å². The Labute approximate surface area is 156 Å². The molecular formula is C18H20ClN3O2S. The predicted molar refractivity (Wildman–Crippen MR) is 102 cm³/mol. The fourth-order valence-electron chi connectivity index (χ4n) is 2.20. The van der Waals surface area contributed by atoms with E-state index in [0.717, 1.165) is 11.3 Å². The molecule has 1 heterocycles. The van der Waals surface area contributed by atoms with Crippen LogP contribution in [0, 0.1) is 0 Å². The topological polar surface area (TPSA) is 71.1 Å². The summed E-state index contributed by atoms with van der Waals surface area (Å²) in [6.07, 6.45) is 5.87. The number of hydrogen-bond acceptors (Lipinski definition) is 4. The molecule has 0 unspecified atom stereocenters. The molecule has 5 nitrogen and oxygen atoms in total. The van der Waals surface area contributed by atoms with Gasteiger partial charge in [0.2, 0.25) is 5.91 Å². The second kappa shape index (κ2) is 10.1. The molecule has 132 valence electrons. The summed E-state index contributed by atoms with van der Waals surface area (Å²) in [6.45, 7) is 0.365. The number of aromatic nitrogens is 1. The second-order valence-electron chi connectivity index (χ2n) is 5.37. The van der Waals surface area contributed by atoms with Crippen LogP contribution in [0.5, 0.6) is 0 Å². The Bertz CT molecular complexity index is 712. The maximum atomic E-state index is 12.5. The molecule has 25 heavy (non-hydrogen) atoms. The molecule has 0 bridgehead atoms. The fraction of sp³-hybridized carbons (Fsp3) is 0.278. The van der Waals surface area contributed by atoms with Crippen molar-refractivity contribution in [1.82, 2.24) is 15.6 Å². The van der Waals surface area contributed by atoms with Crippen LogP contribution in [0.1, 0.15) is 22.3 Å². The van der Waals surface area contributed by atoms with Crippen molar-refractivity contribution in [3.05, 3.63) is 64.9 Å². The molecule has 1 aromatic heterocycles. The number of rotatable bonds is 8. The van der Waals surface area contributed by atoms with Gasteiger partial charge in [0.15, 0.2) is 0 Å². The van der Waals surface area contributed by atoms with E-state index in [1.165, 1.54) is 0 Å². The molecule has 1 aromatic carbocycles. The van der Waals surface area contributed by atoms with Crippen LogP contribution in [0.3, 0.4) is 0 Å². The summed E-state index contributed by atoms with van der Waals surface area (Å²) in [4.78, 5) is 28.9. The maximum absolute atomic E-state index is 12.5. The second-order valence-corrected chi connectivity index (χ2v) is 6.76. The minimum Gasteiger partial charge on any atom is -0.350 e. The number of thioether (sulfide) groups is 1. The highest BCUT2D eigenvalue weighted by atomic mass is 35.5. The van der Waals surface area contributed by atoms with Crippen LogP contribution >= 0.6 is 23.4 Å². The van der Waals surface area contributed by atoms with E-state index in [0.29, 0.717) is 23.6 Å². The number of halogens is 1. The molecule has 0 spiro atoms. The zero-order valence-electron chi connectivity index (χ0n) is 13.9. The van der Waals surface area contributed by atoms with E-state index >= 15 is 0 Å². The Kier molecular flexibility index (Phi) is 7.76. The molecule has 0 fully saturated rings. The summed E-state index contributed by atoms with van der Waals surface area (Å²) >= 11 is 7.68. The number of nitrogens with zero attached hydrogens (tertiary/aromatic N) is 1. The van der Waals surface area contributed by atoms with Gasteiger partial charge in [-0.2, -0.15) is 11.8 Å². The van der Waals surface area contributed by atoms with E-state index in [1.54, 1.807) is 48.4 Å². The zero-order valence-corrected chi connectivity index (χ0v) is 15.4. The first kappa shape index (κ1) is 19.3. The number of hydrogen-bond donors (Lipinski definition) is 2. The Morgan fingerprint density at radius 1 is 1.24 bits per heavy atom. The molecule has 2 aromatic rings. The number of carbonyl (C=O) groups is 2. The van der Waals surface area contributed by atoms with Crippen molar-refractivity contribution in [2.45, 2.75) is 19.0 Å². The minimum absolute atomic E-state index is 0.224. The molecule has 2 rings (SSSR count). The molecular weight excluding hydrogens is 358 g/mol. The van der Waals surface area contributed by atoms with Crippen LogP contribution in [0.25, 0.3) is 0 Å². The Morgan fingerprint density at radius 3 is 2.72 bits per heavy atom. The number of nitrogens with one attached hydrogen (secondary N) is 2. The van der Waals surface area contributed by atoms with Gasteiger partial charge in [-0.3, -0.25) is 14.6 Å². The van der Waals surface area contributed by atoms with Crippen LogP contribution in [0.2, 0.25) is 5.02 Å². The Balaban J connectivity index is 2.00. The van der Waals surface area contributed by atoms with Crippen molar-refractivity contribution in [3.63, 3.8) is 0 Å². The third-order valence-electron chi connectivity index (χ3n) is 3.54. The molecule has 2 N–H and O–H groups in total. The molecule has 0 saturated carbocycles. The Hall–Kier alpha value is -2.05. The van der Waals surface area contributed by atoms with E-state index in [4.69, 9.17) is 11.6 Å². The highest BCUT2D eigenvalue weighted by Gasteiger charge is 2.21. The predicted octanol–water partition coefficient (Wildman–Crippen LogP) is 2.90. The summed E-state index contributed by atoms with van der Waals surface area (Å²) in [5.41, 5.74) is 1.26. The van der Waals surface area contributed by atoms with Crippen LogP contribution in [-0.2, 0) is 11.3 Å². The van der Waals surface area contributed by atoms with Gasteiger partial charge in [0.1, 0.15) is 6.04 Å². The first-order valence-electron chi connectivity index (χ1n) is 7.82. The molecule has 0 aliphatic heterocycles. The van der Waals surface area contributed by atoms with Crippen molar-refractivity contribution >= 4 is 35.2 Å². The molecule has 0 saturated heterocycles. The van der Waals surface area contributed by atoms with Crippen molar-refractivity contribution in [3.8, 4) is 0 Å². The van der Waals surface area contributed by atoms with Gasteiger partial charge in [0.05, 0.1) is 10.6 Å². The summed E-state index contributed by atoms with van der Waals surface area (Å²) in [5.74, 6) is 0.180. The lowest BCUT2D eigenvalue weighted by Crippen LogP contribution is -2.47. The quantitative estimate of drug-likeness (QED) is 0.742. The molecule has 0 aliphatic carbocycles. The van der Waals surface area contributed by atoms with Gasteiger partial charge < -0.3 is 10.6 Å². The summed E-state index contributed by atoms with van der Waals surface area (Å²) in [6, 6.07) is 9.85. The maximum Gasteiger partial charge on any atom is 0.253 e. The summed E-state index contributed by atoms with van der Waals surface area (Å²) in [7, 11) is 0. The van der Waals surface area contributed by atoms with Crippen LogP contribution < -0.4 is 10.6 Å². The van der Waals surface area contributed by atoms with Gasteiger partial charge in [0.25, 0.3) is 5.91 Å². The largest absolute Gasteiger partial charge is 0.350 e. The average molecular weight is 378 g/mol. The van der Waals surface area contributed by atoms with Gasteiger partial charge in [-0.05, 0) is 42.2 Å². The van der Waals surface area contributed by atoms with Gasteiger partial charge in [-0.1, -0.05) is 29.8 Å². The van der Waals surface area contributed by atoms with E-state index in [-0.39, 0.29) is 11.8 Å². The third kappa shape index (κ3) is 6.07. The number of benzene rings is 1. The lowest BCUT2D eigenvalue weighted by atomic mass is 10.1. The van der Waals surface area contributed by atoms with E-state index in [2.05, 4.69) is 15.6 Å². The zero-order chi connectivity index (χ0) is 18.1. The molecule has 2 amide bonds. The molecule has 7 heteroatoms. The van der Waals surface area contributed by atoms with Crippen LogP contribution in [-0.4, -0.2) is 34.8 Å². The average Bonchev–Trinajstić information content (AvgIpc) is 2.64. The van der Waals surface area contributed by atoms with E-state index < -0.39 is 6.04 Å². The number of carbonyl (C=O) groups excluding carboxylic acids is 2. The van der Waals surface area contributed by atoms with Crippen LogP contribution in [0.15, 0.2) is 48.8 Å². The van der Waals surface area contributed by atoms with Crippen molar-refractivity contribution in [2.24, 2.45) is 0 Å². The highest BCUT2D eigenvalue weighted by Crippen LogP contribution is 2.15. The SMILES string of the molecule is CSCC[C@@H](NC(=O)c1ccccc1Cl)C(=O)NCc1cccnc1. The first-order valence-corrected chi connectivity index (χ1v) is 9.60. The number of amides is 2. The van der Waals surface area contributed by atoms with Gasteiger partial charge in [0, 0.05) is 18.9 Å². The summed E-state index contributed by atoms with van der Waals surface area (Å²) in [5, 5.41) is 5.98. The highest BCUT2D eigenvalue weighted by molar-refractivity contribution is 7.98. The normalized spacial score (nSPS) is 11.6. The lowest BCUT2D eigenvalue weighted by molar-refractivity contribution is -0.123. The Morgan fingerprint density at radius 2 is 2.04 bits per heavy atom. The van der Waals surface area contributed by atoms with Crippen molar-refractivity contribution in [2.75, 3.05) is 12.0 Å². The third-order valence-corrected chi connectivity index (χ3v) is 4.51. The number of pyridine rings is 1. The molecule has 0 radical (unpaired) electrons. The summed E-state index contributed by atoms with van der Waals surface area (Å²) < 4.78 is 0. The monoisotopic (exact) mass is 377 g/mol. The van der Waals surface area contributed by atoms with Crippen LogP contribution in [0.4, 0.5) is 0 Å². The van der Waals surface area contributed by atoms with Gasteiger partial charge >= 0.3 is 0 Å². The molecule has 1 atom stereocenters. The fourth-order valence-corrected chi connectivity index (χ4v) is 2.89. The van der Waals surface area contributed by atoms with Gasteiger partial charge in [-0.15, -0.1) is 0 Å². The molecule has 0 aliphatic rings. The van der Waals surface area contributed by atoms with Crippen molar-refractivity contribution in [1.29, 1.82) is 0 Å². The smallest absolute Gasteiger partial charge is 0.253 e. The standard InChI is InChI=1S/C18H20ClN3O2S/c1-25-10-8-16(18(24)21-12-13-5-4-9-20-11-13)22-17(23)14-6-2-3-7-15(14)19/h2-7,9,11,16H,8,10,12H2,1H3,(H,21,24)(H,22,23)/t16-/m1/s1. The minimum atomic E-state index is -0.618. The lowest BCUT2D eigenvalue weighted by Gasteiger charge is -2.18. The van der Waals surface area contributed by atoms with Crippen molar-refractivity contribution < 1.29 is 9.59 Å². The first-order chi connectivity index (χ1) is 12.1.